The zero-order valence-corrected chi connectivity index (χ0v) is 14.7. The van der Waals surface area contributed by atoms with Gasteiger partial charge in [-0.1, -0.05) is 48.5 Å². The number of hydrogen-bond donors (Lipinski definition) is 0. The average Bonchev–Trinajstić information content (AvgIpc) is 3.01. The van der Waals surface area contributed by atoms with E-state index in [-0.39, 0.29) is 17.9 Å². The minimum absolute atomic E-state index is 0.0889. The summed E-state index contributed by atoms with van der Waals surface area (Å²) in [5.41, 5.74) is 4.91. The van der Waals surface area contributed by atoms with Crippen molar-refractivity contribution in [2.75, 3.05) is 19.7 Å². The van der Waals surface area contributed by atoms with Crippen molar-refractivity contribution < 1.29 is 9.53 Å². The van der Waals surface area contributed by atoms with Crippen LogP contribution < -0.4 is 0 Å². The fourth-order valence-corrected chi connectivity index (χ4v) is 4.21. The molecule has 4 nitrogen and oxygen atoms in total. The fraction of sp³-hybridized carbons (Fsp3) is 0.364. The van der Waals surface area contributed by atoms with Crippen LogP contribution in [0.4, 0.5) is 4.79 Å². The van der Waals surface area contributed by atoms with Crippen LogP contribution in [0.1, 0.15) is 36.3 Å². The monoisotopic (exact) mass is 346 g/mol. The summed E-state index contributed by atoms with van der Waals surface area (Å²) in [6.07, 6.45) is 2.21. The van der Waals surface area contributed by atoms with Crippen LogP contribution in [0.25, 0.3) is 11.1 Å². The summed E-state index contributed by atoms with van der Waals surface area (Å²) >= 11 is 0. The van der Waals surface area contributed by atoms with Crippen LogP contribution in [0.3, 0.4) is 0 Å². The molecule has 1 aliphatic carbocycles. The number of carbonyl (C=O) groups is 1. The van der Waals surface area contributed by atoms with Gasteiger partial charge in [0.05, 0.1) is 6.07 Å². The van der Waals surface area contributed by atoms with E-state index in [1.165, 1.54) is 22.3 Å². The minimum Gasteiger partial charge on any atom is -0.448 e. The van der Waals surface area contributed by atoms with Crippen LogP contribution in [0.2, 0.25) is 0 Å². The van der Waals surface area contributed by atoms with Crippen molar-refractivity contribution in [3.63, 3.8) is 0 Å². The highest BCUT2D eigenvalue weighted by Gasteiger charge is 2.30. The van der Waals surface area contributed by atoms with Crippen LogP contribution in [-0.4, -0.2) is 30.7 Å². The summed E-state index contributed by atoms with van der Waals surface area (Å²) in [6, 6.07) is 18.9. The van der Waals surface area contributed by atoms with Gasteiger partial charge in [0, 0.05) is 25.4 Å². The lowest BCUT2D eigenvalue weighted by Gasteiger charge is -2.31. The van der Waals surface area contributed by atoms with Crippen molar-refractivity contribution in [1.29, 1.82) is 5.26 Å². The Morgan fingerprint density at radius 2 is 1.77 bits per heavy atom. The molecule has 1 saturated heterocycles. The SMILES string of the molecule is N#CC[C@H]1CCCN(C(=O)OCC2c3ccccc3-c3ccccc32)C1. The molecule has 1 amide bonds. The van der Waals surface area contributed by atoms with Crippen LogP contribution in [0.5, 0.6) is 0 Å². The fourth-order valence-electron chi connectivity index (χ4n) is 4.21. The van der Waals surface area contributed by atoms with Gasteiger partial charge in [-0.2, -0.15) is 5.26 Å². The molecule has 0 N–H and O–H groups in total. The van der Waals surface area contributed by atoms with Crippen molar-refractivity contribution in [2.45, 2.75) is 25.2 Å². The zero-order chi connectivity index (χ0) is 17.9. The quantitative estimate of drug-likeness (QED) is 0.818. The third-order valence-corrected chi connectivity index (χ3v) is 5.49. The summed E-state index contributed by atoms with van der Waals surface area (Å²) in [4.78, 5) is 14.3. The molecule has 2 aliphatic rings. The molecule has 2 aromatic rings. The highest BCUT2D eigenvalue weighted by atomic mass is 16.6. The average molecular weight is 346 g/mol. The van der Waals surface area contributed by atoms with E-state index in [1.54, 1.807) is 4.90 Å². The van der Waals surface area contributed by atoms with E-state index < -0.39 is 0 Å². The Labute approximate surface area is 154 Å². The van der Waals surface area contributed by atoms with Gasteiger partial charge in [-0.3, -0.25) is 0 Å². The molecule has 0 aromatic heterocycles. The Hall–Kier alpha value is -2.80. The number of rotatable bonds is 3. The lowest BCUT2D eigenvalue weighted by atomic mass is 9.96. The number of amides is 1. The summed E-state index contributed by atoms with van der Waals surface area (Å²) in [7, 11) is 0. The number of piperidine rings is 1. The van der Waals surface area contributed by atoms with E-state index in [0.717, 1.165) is 19.4 Å². The molecule has 0 spiro atoms. The van der Waals surface area contributed by atoms with Gasteiger partial charge in [-0.15, -0.1) is 0 Å². The molecule has 1 heterocycles. The van der Waals surface area contributed by atoms with Crippen molar-refractivity contribution in [1.82, 2.24) is 4.90 Å². The molecule has 0 unspecified atom stereocenters. The maximum Gasteiger partial charge on any atom is 0.409 e. The first kappa shape index (κ1) is 16.7. The van der Waals surface area contributed by atoms with Gasteiger partial charge in [0.25, 0.3) is 0 Å². The second kappa shape index (κ2) is 7.21. The Kier molecular flexibility index (Phi) is 4.62. The largest absolute Gasteiger partial charge is 0.448 e. The number of ether oxygens (including phenoxy) is 1. The second-order valence-corrected chi connectivity index (χ2v) is 7.12. The number of likely N-dealkylation sites (tertiary alicyclic amines) is 1. The van der Waals surface area contributed by atoms with E-state index in [4.69, 9.17) is 10.00 Å². The van der Waals surface area contributed by atoms with E-state index in [1.807, 2.05) is 24.3 Å². The number of fused-ring (bicyclic) bond motifs is 3. The predicted octanol–water partition coefficient (Wildman–Crippen LogP) is 4.56. The molecular formula is C22H22N2O2. The lowest BCUT2D eigenvalue weighted by molar-refractivity contribution is 0.0828. The Balaban J connectivity index is 1.46. The molecule has 1 fully saturated rings. The third kappa shape index (κ3) is 3.06. The maximum atomic E-state index is 12.5. The van der Waals surface area contributed by atoms with Crippen molar-refractivity contribution >= 4 is 6.09 Å². The second-order valence-electron chi connectivity index (χ2n) is 7.12. The first-order valence-corrected chi connectivity index (χ1v) is 9.25. The summed E-state index contributed by atoms with van der Waals surface area (Å²) < 4.78 is 5.71. The third-order valence-electron chi connectivity index (χ3n) is 5.49. The molecular weight excluding hydrogens is 324 g/mol. The Morgan fingerprint density at radius 1 is 1.12 bits per heavy atom. The highest BCUT2D eigenvalue weighted by molar-refractivity contribution is 5.79. The highest BCUT2D eigenvalue weighted by Crippen LogP contribution is 2.44. The molecule has 1 atom stereocenters. The Bertz CT molecular complexity index is 810. The first-order valence-electron chi connectivity index (χ1n) is 9.25. The maximum absolute atomic E-state index is 12.5. The molecule has 132 valence electrons. The van der Waals surface area contributed by atoms with E-state index >= 15 is 0 Å². The standard InChI is InChI=1S/C22H22N2O2/c23-12-11-16-6-5-13-24(14-16)22(25)26-15-21-19-9-3-1-7-17(19)18-8-2-4-10-20(18)21/h1-4,7-10,16,21H,5-6,11,13-15H2/t16-/m1/s1. The van der Waals surface area contributed by atoms with Gasteiger partial charge in [0.2, 0.25) is 0 Å². The van der Waals surface area contributed by atoms with Crippen LogP contribution >= 0.6 is 0 Å². The normalized spacial score (nSPS) is 18.7. The van der Waals surface area contributed by atoms with Crippen molar-refractivity contribution in [3.8, 4) is 17.2 Å². The summed E-state index contributed by atoms with van der Waals surface area (Å²) in [5.74, 6) is 0.361. The van der Waals surface area contributed by atoms with Gasteiger partial charge in [0.1, 0.15) is 6.61 Å². The van der Waals surface area contributed by atoms with Gasteiger partial charge >= 0.3 is 6.09 Å². The number of nitrogens with zero attached hydrogens (tertiary/aromatic N) is 2. The van der Waals surface area contributed by atoms with Crippen molar-refractivity contribution in [2.24, 2.45) is 5.92 Å². The number of nitriles is 1. The first-order chi connectivity index (χ1) is 12.8. The number of carbonyl (C=O) groups excluding carboxylic acids is 1. The minimum atomic E-state index is -0.255. The van der Waals surface area contributed by atoms with Crippen LogP contribution in [-0.2, 0) is 4.74 Å². The summed E-state index contributed by atoms with van der Waals surface area (Å²) in [6.45, 7) is 1.70. The lowest BCUT2D eigenvalue weighted by Crippen LogP contribution is -2.40. The predicted molar refractivity (Wildman–Crippen MR) is 99.6 cm³/mol. The molecule has 2 aromatic carbocycles. The number of hydrogen-bond acceptors (Lipinski definition) is 3. The molecule has 0 radical (unpaired) electrons. The molecule has 4 rings (SSSR count). The van der Waals surface area contributed by atoms with Crippen LogP contribution in [0, 0.1) is 17.2 Å². The molecule has 0 bridgehead atoms. The van der Waals surface area contributed by atoms with Gasteiger partial charge in [0.15, 0.2) is 0 Å². The molecule has 1 aliphatic heterocycles. The van der Waals surface area contributed by atoms with Crippen molar-refractivity contribution in [3.05, 3.63) is 59.7 Å². The van der Waals surface area contributed by atoms with E-state index in [2.05, 4.69) is 30.3 Å². The molecule has 4 heteroatoms. The van der Waals surface area contributed by atoms with Gasteiger partial charge in [-0.25, -0.2) is 4.79 Å². The number of benzene rings is 2. The molecule has 0 saturated carbocycles. The van der Waals surface area contributed by atoms with Crippen LogP contribution in [0.15, 0.2) is 48.5 Å². The topological polar surface area (TPSA) is 53.3 Å². The van der Waals surface area contributed by atoms with E-state index in [9.17, 15) is 4.79 Å². The Morgan fingerprint density at radius 3 is 2.42 bits per heavy atom. The summed E-state index contributed by atoms with van der Waals surface area (Å²) in [5, 5.41) is 8.89. The smallest absolute Gasteiger partial charge is 0.409 e. The van der Waals surface area contributed by atoms with E-state index in [0.29, 0.717) is 19.6 Å². The van der Waals surface area contributed by atoms with Gasteiger partial charge in [-0.05, 0) is 41.0 Å². The molecule has 26 heavy (non-hydrogen) atoms. The zero-order valence-electron chi connectivity index (χ0n) is 14.7. The van der Waals surface area contributed by atoms with Gasteiger partial charge < -0.3 is 9.64 Å².